The summed E-state index contributed by atoms with van der Waals surface area (Å²) in [6.45, 7) is 6.82. The maximum atomic E-state index is 13.0. The van der Waals surface area contributed by atoms with Crippen LogP contribution in [0.25, 0.3) is 0 Å². The molecular weight excluding hydrogens is 229 g/mol. The number of hydrogen-bond donors (Lipinski definition) is 1. The van der Waals surface area contributed by atoms with Crippen LogP contribution in [0.15, 0.2) is 18.2 Å². The van der Waals surface area contributed by atoms with Gasteiger partial charge in [0, 0.05) is 0 Å². The van der Waals surface area contributed by atoms with Crippen molar-refractivity contribution in [2.45, 2.75) is 39.5 Å². The summed E-state index contributed by atoms with van der Waals surface area (Å²) in [6, 6.07) is 4.89. The fraction of sp³-hybridized carbons (Fsp3) is 0.600. The fourth-order valence-electron chi connectivity index (χ4n) is 1.73. The third kappa shape index (κ3) is 6.01. The molecule has 0 aliphatic rings. The minimum Gasteiger partial charge on any atom is -0.494 e. The average molecular weight is 253 g/mol. The van der Waals surface area contributed by atoms with Crippen LogP contribution in [-0.2, 0) is 0 Å². The van der Waals surface area contributed by atoms with E-state index >= 15 is 0 Å². The van der Waals surface area contributed by atoms with E-state index in [1.165, 1.54) is 18.9 Å². The molecule has 0 saturated carbocycles. The van der Waals surface area contributed by atoms with E-state index in [0.29, 0.717) is 12.2 Å². The van der Waals surface area contributed by atoms with Crippen molar-refractivity contribution in [1.82, 2.24) is 5.32 Å². The molecule has 0 aromatic heterocycles. The van der Waals surface area contributed by atoms with E-state index in [2.05, 4.69) is 12.2 Å². The highest BCUT2D eigenvalue weighted by Crippen LogP contribution is 2.16. The molecule has 2 nitrogen and oxygen atoms in total. The Kier molecular flexibility index (Phi) is 7.42. The second-order valence-corrected chi connectivity index (χ2v) is 4.57. The van der Waals surface area contributed by atoms with E-state index in [4.69, 9.17) is 4.74 Å². The predicted molar refractivity (Wildman–Crippen MR) is 73.6 cm³/mol. The smallest absolute Gasteiger partial charge is 0.126 e. The van der Waals surface area contributed by atoms with Gasteiger partial charge < -0.3 is 10.1 Å². The largest absolute Gasteiger partial charge is 0.494 e. The second-order valence-electron chi connectivity index (χ2n) is 4.57. The van der Waals surface area contributed by atoms with Crippen LogP contribution >= 0.6 is 0 Å². The van der Waals surface area contributed by atoms with Gasteiger partial charge in [-0.2, -0.15) is 0 Å². The van der Waals surface area contributed by atoms with Crippen LogP contribution in [0, 0.1) is 12.7 Å². The first-order valence-corrected chi connectivity index (χ1v) is 6.83. The Hall–Kier alpha value is -1.09. The number of nitrogens with one attached hydrogen (secondary N) is 1. The first-order chi connectivity index (χ1) is 8.74. The molecule has 102 valence electrons. The highest BCUT2D eigenvalue weighted by Gasteiger charge is 1.99. The van der Waals surface area contributed by atoms with Crippen LogP contribution < -0.4 is 10.1 Å². The molecular formula is C15H24FNO. The first kappa shape index (κ1) is 15.0. The number of aryl methyl sites for hydroxylation is 1. The number of unbranched alkanes of at least 4 members (excludes halogenated alkanes) is 2. The minimum absolute atomic E-state index is 0.177. The average Bonchev–Trinajstić information content (AvgIpc) is 2.37. The van der Waals surface area contributed by atoms with E-state index in [1.807, 2.05) is 0 Å². The molecule has 0 unspecified atom stereocenters. The van der Waals surface area contributed by atoms with Crippen molar-refractivity contribution in [3.8, 4) is 5.75 Å². The summed E-state index contributed by atoms with van der Waals surface area (Å²) in [5.41, 5.74) is 0.635. The fourth-order valence-corrected chi connectivity index (χ4v) is 1.73. The number of ether oxygens (including phenoxy) is 1. The number of halogens is 1. The molecule has 0 aliphatic carbocycles. The summed E-state index contributed by atoms with van der Waals surface area (Å²) in [7, 11) is 0. The summed E-state index contributed by atoms with van der Waals surface area (Å²) in [5.74, 6) is 0.586. The van der Waals surface area contributed by atoms with Crippen molar-refractivity contribution in [3.05, 3.63) is 29.6 Å². The highest BCUT2D eigenvalue weighted by molar-refractivity contribution is 5.28. The predicted octanol–water partition coefficient (Wildman–Crippen LogP) is 3.68. The van der Waals surface area contributed by atoms with Crippen molar-refractivity contribution >= 4 is 0 Å². The zero-order chi connectivity index (χ0) is 13.2. The molecule has 0 amide bonds. The zero-order valence-corrected chi connectivity index (χ0v) is 11.5. The molecule has 1 aromatic rings. The lowest BCUT2D eigenvalue weighted by molar-refractivity contribution is 0.304. The van der Waals surface area contributed by atoms with Crippen LogP contribution in [-0.4, -0.2) is 19.7 Å². The maximum absolute atomic E-state index is 13.0. The van der Waals surface area contributed by atoms with Gasteiger partial charge in [0.25, 0.3) is 0 Å². The van der Waals surface area contributed by atoms with Crippen LogP contribution in [0.1, 0.15) is 38.2 Å². The summed E-state index contributed by atoms with van der Waals surface area (Å²) < 4.78 is 18.6. The molecule has 18 heavy (non-hydrogen) atoms. The maximum Gasteiger partial charge on any atom is 0.126 e. The van der Waals surface area contributed by atoms with Crippen molar-refractivity contribution in [1.29, 1.82) is 0 Å². The third-order valence-corrected chi connectivity index (χ3v) is 2.82. The molecule has 0 fully saturated rings. The first-order valence-electron chi connectivity index (χ1n) is 6.83. The molecule has 0 saturated heterocycles. The van der Waals surface area contributed by atoms with Gasteiger partial charge in [-0.1, -0.05) is 6.92 Å². The van der Waals surface area contributed by atoms with Crippen LogP contribution in [0.4, 0.5) is 4.39 Å². The topological polar surface area (TPSA) is 21.3 Å². The monoisotopic (exact) mass is 253 g/mol. The lowest BCUT2D eigenvalue weighted by atomic mass is 10.2. The van der Waals surface area contributed by atoms with E-state index in [1.54, 1.807) is 19.1 Å². The van der Waals surface area contributed by atoms with Crippen molar-refractivity contribution in [2.24, 2.45) is 0 Å². The Morgan fingerprint density at radius 3 is 2.72 bits per heavy atom. The van der Waals surface area contributed by atoms with E-state index in [9.17, 15) is 4.39 Å². The van der Waals surface area contributed by atoms with E-state index in [-0.39, 0.29) is 5.82 Å². The lowest BCUT2D eigenvalue weighted by Gasteiger charge is -2.07. The van der Waals surface area contributed by atoms with E-state index in [0.717, 1.165) is 31.7 Å². The van der Waals surface area contributed by atoms with Crippen molar-refractivity contribution < 1.29 is 9.13 Å². The number of hydrogen-bond acceptors (Lipinski definition) is 2. The molecule has 1 rings (SSSR count). The van der Waals surface area contributed by atoms with Crippen LogP contribution in [0.2, 0.25) is 0 Å². The molecule has 3 heteroatoms. The number of benzene rings is 1. The van der Waals surface area contributed by atoms with Gasteiger partial charge in [0.1, 0.15) is 11.6 Å². The molecule has 0 aliphatic heterocycles. The molecule has 0 heterocycles. The van der Waals surface area contributed by atoms with Crippen LogP contribution in [0.5, 0.6) is 5.75 Å². The Labute approximate surface area is 110 Å². The Bertz CT molecular complexity index is 341. The summed E-state index contributed by atoms with van der Waals surface area (Å²) in [6.07, 6.45) is 4.58. The van der Waals surface area contributed by atoms with Crippen molar-refractivity contribution in [2.75, 3.05) is 19.7 Å². The third-order valence-electron chi connectivity index (χ3n) is 2.82. The molecule has 1 aromatic carbocycles. The van der Waals surface area contributed by atoms with Gasteiger partial charge in [0.15, 0.2) is 0 Å². The molecule has 1 N–H and O–H groups in total. The van der Waals surface area contributed by atoms with Gasteiger partial charge in [-0.05, 0) is 69.5 Å². The normalized spacial score (nSPS) is 10.6. The lowest BCUT2D eigenvalue weighted by Crippen LogP contribution is -2.15. The molecule has 0 radical (unpaired) electrons. The van der Waals surface area contributed by atoms with Crippen molar-refractivity contribution in [3.63, 3.8) is 0 Å². The molecule has 0 bridgehead atoms. The standard InChI is InChI=1S/C15H24FNO/c1-3-9-17-10-5-4-6-11-18-14-7-8-15(16)13(2)12-14/h7-8,12,17H,3-6,9-11H2,1-2H3. The Morgan fingerprint density at radius 1 is 1.17 bits per heavy atom. The van der Waals surface area contributed by atoms with Gasteiger partial charge >= 0.3 is 0 Å². The quantitative estimate of drug-likeness (QED) is 0.678. The number of rotatable bonds is 9. The van der Waals surface area contributed by atoms with Gasteiger partial charge in [-0.15, -0.1) is 0 Å². The Balaban J connectivity index is 2.05. The molecule has 0 atom stereocenters. The minimum atomic E-state index is -0.177. The van der Waals surface area contributed by atoms with Gasteiger partial charge in [0.05, 0.1) is 6.61 Å². The summed E-state index contributed by atoms with van der Waals surface area (Å²) in [5, 5.41) is 3.37. The van der Waals surface area contributed by atoms with E-state index < -0.39 is 0 Å². The SMILES string of the molecule is CCCNCCCCCOc1ccc(F)c(C)c1. The highest BCUT2D eigenvalue weighted by atomic mass is 19.1. The summed E-state index contributed by atoms with van der Waals surface area (Å²) >= 11 is 0. The zero-order valence-electron chi connectivity index (χ0n) is 11.5. The van der Waals surface area contributed by atoms with Gasteiger partial charge in [-0.25, -0.2) is 4.39 Å². The van der Waals surface area contributed by atoms with Gasteiger partial charge in [-0.3, -0.25) is 0 Å². The summed E-state index contributed by atoms with van der Waals surface area (Å²) in [4.78, 5) is 0. The second kappa shape index (κ2) is 8.92. The molecule has 0 spiro atoms. The van der Waals surface area contributed by atoms with Gasteiger partial charge in [0.2, 0.25) is 0 Å². The van der Waals surface area contributed by atoms with Crippen LogP contribution in [0.3, 0.4) is 0 Å². The Morgan fingerprint density at radius 2 is 2.00 bits per heavy atom.